The third kappa shape index (κ3) is 4.20. The van der Waals surface area contributed by atoms with Crippen LogP contribution in [0.15, 0.2) is 150 Å². The molecular weight excluding hydrogens is 560 g/mol. The van der Waals surface area contributed by atoms with Crippen molar-refractivity contribution in [2.24, 2.45) is 0 Å². The molecule has 218 valence electrons. The number of hydrogen-bond donors (Lipinski definition) is 0. The monoisotopic (exact) mass is 590 g/mol. The van der Waals surface area contributed by atoms with Crippen molar-refractivity contribution in [2.45, 2.75) is 19.3 Å². The van der Waals surface area contributed by atoms with E-state index in [0.29, 0.717) is 5.82 Å². The zero-order valence-corrected chi connectivity index (χ0v) is 25.7. The smallest absolute Gasteiger partial charge is 0.160 e. The van der Waals surface area contributed by atoms with Crippen LogP contribution < -0.4 is 0 Å². The minimum absolute atomic E-state index is 0.0645. The van der Waals surface area contributed by atoms with Gasteiger partial charge in [-0.1, -0.05) is 123 Å². The summed E-state index contributed by atoms with van der Waals surface area (Å²) in [5.74, 6) is 0.703. The Morgan fingerprint density at radius 2 is 1.04 bits per heavy atom. The summed E-state index contributed by atoms with van der Waals surface area (Å²) in [7, 11) is 0. The Hall–Kier alpha value is -5.80. The maximum Gasteiger partial charge on any atom is 0.160 e. The van der Waals surface area contributed by atoms with Crippen LogP contribution in [0.5, 0.6) is 0 Å². The normalized spacial score (nSPS) is 13.2. The second kappa shape index (κ2) is 10.1. The maximum atomic E-state index is 6.44. The molecule has 0 N–H and O–H groups in total. The standard InChI is InChI=1S/C43H30N2O/c1-43(2)36-19-10-9-18-32(36)33-24-35-34-23-30(20-21-40(34)46-41(35)25-37(33)43)29-16-11-17-31(22-29)42-44-38(27-12-5-3-6-13-27)26-39(45-42)28-14-7-4-8-15-28/h3-26H,1-2H3. The van der Waals surface area contributed by atoms with Crippen LogP contribution >= 0.6 is 0 Å². The summed E-state index contributed by atoms with van der Waals surface area (Å²) in [6.07, 6.45) is 0. The highest BCUT2D eigenvalue weighted by atomic mass is 16.3. The van der Waals surface area contributed by atoms with Crippen molar-refractivity contribution in [1.82, 2.24) is 9.97 Å². The number of fused-ring (bicyclic) bond motifs is 6. The summed E-state index contributed by atoms with van der Waals surface area (Å²) in [6, 6.07) is 51.1. The van der Waals surface area contributed by atoms with Gasteiger partial charge in [-0.25, -0.2) is 9.97 Å². The molecule has 0 radical (unpaired) electrons. The molecule has 1 aliphatic rings. The lowest BCUT2D eigenvalue weighted by Crippen LogP contribution is -2.14. The van der Waals surface area contributed by atoms with E-state index in [0.717, 1.165) is 61.1 Å². The first-order valence-electron chi connectivity index (χ1n) is 15.7. The fraction of sp³-hybridized carbons (Fsp3) is 0.0698. The predicted octanol–water partition coefficient (Wildman–Crippen LogP) is 11.4. The van der Waals surface area contributed by atoms with Crippen LogP contribution in [0.2, 0.25) is 0 Å². The summed E-state index contributed by atoms with van der Waals surface area (Å²) >= 11 is 0. The van der Waals surface area contributed by atoms with Gasteiger partial charge in [0.25, 0.3) is 0 Å². The zero-order chi connectivity index (χ0) is 30.8. The van der Waals surface area contributed by atoms with Gasteiger partial charge in [-0.3, -0.25) is 0 Å². The first-order chi connectivity index (χ1) is 22.5. The summed E-state index contributed by atoms with van der Waals surface area (Å²) < 4.78 is 6.44. The molecule has 2 aromatic heterocycles. The van der Waals surface area contributed by atoms with Crippen LogP contribution in [-0.4, -0.2) is 9.97 Å². The zero-order valence-electron chi connectivity index (χ0n) is 25.7. The van der Waals surface area contributed by atoms with E-state index in [9.17, 15) is 0 Å². The van der Waals surface area contributed by atoms with E-state index >= 15 is 0 Å². The molecule has 0 saturated carbocycles. The minimum atomic E-state index is -0.0645. The lowest BCUT2D eigenvalue weighted by atomic mass is 9.82. The van der Waals surface area contributed by atoms with Gasteiger partial charge in [-0.2, -0.15) is 0 Å². The molecular formula is C43H30N2O. The van der Waals surface area contributed by atoms with Gasteiger partial charge in [-0.05, 0) is 69.8 Å². The van der Waals surface area contributed by atoms with Gasteiger partial charge in [0.1, 0.15) is 11.2 Å². The Balaban J connectivity index is 1.17. The second-order valence-corrected chi connectivity index (χ2v) is 12.7. The number of nitrogens with zero attached hydrogens (tertiary/aromatic N) is 2. The predicted molar refractivity (Wildman–Crippen MR) is 189 cm³/mol. The van der Waals surface area contributed by atoms with Crippen molar-refractivity contribution in [3.63, 3.8) is 0 Å². The first-order valence-corrected chi connectivity index (χ1v) is 15.7. The molecule has 8 aromatic rings. The number of furan rings is 1. The third-order valence-electron chi connectivity index (χ3n) is 9.49. The molecule has 1 aliphatic carbocycles. The Labute approximate surface area is 267 Å². The van der Waals surface area contributed by atoms with E-state index in [4.69, 9.17) is 14.4 Å². The second-order valence-electron chi connectivity index (χ2n) is 12.7. The number of aromatic nitrogens is 2. The molecule has 0 fully saturated rings. The van der Waals surface area contributed by atoms with E-state index in [2.05, 4.69) is 123 Å². The van der Waals surface area contributed by atoms with Crippen molar-refractivity contribution in [1.29, 1.82) is 0 Å². The molecule has 3 nitrogen and oxygen atoms in total. The van der Waals surface area contributed by atoms with Crippen LogP contribution in [0.3, 0.4) is 0 Å². The number of benzene rings is 6. The Morgan fingerprint density at radius 1 is 0.435 bits per heavy atom. The largest absolute Gasteiger partial charge is 0.456 e. The molecule has 0 bridgehead atoms. The highest BCUT2D eigenvalue weighted by Gasteiger charge is 2.36. The summed E-state index contributed by atoms with van der Waals surface area (Å²) in [4.78, 5) is 10.1. The van der Waals surface area contributed by atoms with Crippen LogP contribution in [0.4, 0.5) is 0 Å². The number of hydrogen-bond acceptors (Lipinski definition) is 3. The molecule has 0 spiro atoms. The van der Waals surface area contributed by atoms with Crippen LogP contribution in [0, 0.1) is 0 Å². The molecule has 0 unspecified atom stereocenters. The van der Waals surface area contributed by atoms with E-state index in [1.807, 2.05) is 36.4 Å². The average molecular weight is 591 g/mol. The number of rotatable bonds is 4. The quantitative estimate of drug-likeness (QED) is 0.205. The average Bonchev–Trinajstić information content (AvgIpc) is 3.59. The third-order valence-corrected chi connectivity index (χ3v) is 9.49. The first kappa shape index (κ1) is 26.6. The van der Waals surface area contributed by atoms with Crippen LogP contribution in [-0.2, 0) is 5.41 Å². The summed E-state index contributed by atoms with van der Waals surface area (Å²) in [5, 5.41) is 2.27. The molecule has 0 saturated heterocycles. The van der Waals surface area contributed by atoms with Crippen LogP contribution in [0.1, 0.15) is 25.0 Å². The Bertz CT molecular complexity index is 2380. The molecule has 6 aromatic carbocycles. The van der Waals surface area contributed by atoms with Crippen molar-refractivity contribution in [3.8, 4) is 56.2 Å². The van der Waals surface area contributed by atoms with Gasteiger partial charge in [0.05, 0.1) is 11.4 Å². The Kier molecular flexibility index (Phi) is 5.85. The topological polar surface area (TPSA) is 38.9 Å². The van der Waals surface area contributed by atoms with Crippen molar-refractivity contribution in [3.05, 3.63) is 157 Å². The SMILES string of the molecule is CC1(C)c2ccccc2-c2cc3c(cc21)oc1ccc(-c2cccc(-c4nc(-c5ccccc5)cc(-c5ccccc5)n4)c2)cc13. The van der Waals surface area contributed by atoms with Gasteiger partial charge in [0, 0.05) is 32.9 Å². The molecule has 3 heteroatoms. The summed E-state index contributed by atoms with van der Waals surface area (Å²) in [6.45, 7) is 4.61. The minimum Gasteiger partial charge on any atom is -0.456 e. The molecule has 0 aliphatic heterocycles. The fourth-order valence-electron chi connectivity index (χ4n) is 7.08. The van der Waals surface area contributed by atoms with Gasteiger partial charge in [0.15, 0.2) is 5.82 Å². The lowest BCUT2D eigenvalue weighted by molar-refractivity contribution is 0.647. The lowest BCUT2D eigenvalue weighted by Gasteiger charge is -2.21. The van der Waals surface area contributed by atoms with E-state index < -0.39 is 0 Å². The Morgan fingerprint density at radius 3 is 1.78 bits per heavy atom. The highest BCUT2D eigenvalue weighted by molar-refractivity contribution is 6.09. The van der Waals surface area contributed by atoms with Crippen molar-refractivity contribution in [2.75, 3.05) is 0 Å². The van der Waals surface area contributed by atoms with Crippen molar-refractivity contribution < 1.29 is 4.42 Å². The van der Waals surface area contributed by atoms with Gasteiger partial charge >= 0.3 is 0 Å². The molecule has 2 heterocycles. The van der Waals surface area contributed by atoms with E-state index in [-0.39, 0.29) is 5.41 Å². The molecule has 0 atom stereocenters. The highest BCUT2D eigenvalue weighted by Crippen LogP contribution is 2.50. The van der Waals surface area contributed by atoms with Crippen LogP contribution in [0.25, 0.3) is 78.1 Å². The van der Waals surface area contributed by atoms with Crippen molar-refractivity contribution >= 4 is 21.9 Å². The van der Waals surface area contributed by atoms with Gasteiger partial charge < -0.3 is 4.42 Å². The van der Waals surface area contributed by atoms with Gasteiger partial charge in [-0.15, -0.1) is 0 Å². The maximum absolute atomic E-state index is 6.44. The molecule has 9 rings (SSSR count). The fourth-order valence-corrected chi connectivity index (χ4v) is 7.08. The van der Waals surface area contributed by atoms with E-state index in [1.165, 1.54) is 22.3 Å². The molecule has 0 amide bonds. The molecule has 46 heavy (non-hydrogen) atoms. The van der Waals surface area contributed by atoms with Gasteiger partial charge in [0.2, 0.25) is 0 Å². The van der Waals surface area contributed by atoms with E-state index in [1.54, 1.807) is 0 Å². The summed E-state index contributed by atoms with van der Waals surface area (Å²) in [5.41, 5.74) is 14.2.